The van der Waals surface area contributed by atoms with Crippen molar-refractivity contribution in [3.05, 3.63) is 81.8 Å². The summed E-state index contributed by atoms with van der Waals surface area (Å²) in [6.45, 7) is 1.34. The molecule has 1 fully saturated rings. The number of aliphatic hydroxyl groups is 1. The molecule has 0 spiro atoms. The van der Waals surface area contributed by atoms with Gasteiger partial charge in [0, 0.05) is 46.5 Å². The predicted molar refractivity (Wildman–Crippen MR) is 183 cm³/mol. The summed E-state index contributed by atoms with van der Waals surface area (Å²) in [5.74, 6) is -0.147. The van der Waals surface area contributed by atoms with E-state index in [0.717, 1.165) is 16.7 Å². The molecule has 1 saturated heterocycles. The van der Waals surface area contributed by atoms with Crippen LogP contribution in [0.4, 0.5) is 4.79 Å². The van der Waals surface area contributed by atoms with Crippen LogP contribution in [0, 0.1) is 0 Å². The number of benzene rings is 2. The van der Waals surface area contributed by atoms with Crippen LogP contribution in [-0.4, -0.2) is 71.8 Å². The highest BCUT2D eigenvalue weighted by Crippen LogP contribution is 2.42. The van der Waals surface area contributed by atoms with Gasteiger partial charge in [-0.2, -0.15) is 0 Å². The van der Waals surface area contributed by atoms with Crippen molar-refractivity contribution >= 4 is 35.3 Å². The van der Waals surface area contributed by atoms with Gasteiger partial charge in [0.25, 0.3) is 0 Å². The van der Waals surface area contributed by atoms with Crippen LogP contribution in [-0.2, 0) is 22.5 Å². The van der Waals surface area contributed by atoms with Crippen LogP contribution in [0.3, 0.4) is 0 Å². The van der Waals surface area contributed by atoms with E-state index in [1.165, 1.54) is 7.11 Å². The fraction of sp³-hybridized carbons (Fsp3) is 0.314. The van der Waals surface area contributed by atoms with Gasteiger partial charge < -0.3 is 35.1 Å². The molecular weight excluding hydrogens is 659 g/mol. The number of carbonyl (C=O) groups is 2. The zero-order chi connectivity index (χ0) is 34.2. The molecule has 4 N–H and O–H groups in total. The van der Waals surface area contributed by atoms with Gasteiger partial charge in [0.2, 0.25) is 11.8 Å². The Morgan fingerprint density at radius 1 is 0.938 bits per heavy atom. The number of nitrogens with zero attached hydrogens (tertiary/aromatic N) is 2. The number of carboxylic acid groups (broad SMARTS) is 1. The number of carbonyl (C=O) groups excluding carboxylic acids is 1. The molecule has 2 aromatic carbocycles. The van der Waals surface area contributed by atoms with E-state index in [-0.39, 0.29) is 12.5 Å². The van der Waals surface area contributed by atoms with Crippen molar-refractivity contribution in [3.8, 4) is 45.4 Å². The number of alkyl carbamates (subject to hydrolysis) is 1. The Labute approximate surface area is 288 Å². The van der Waals surface area contributed by atoms with Crippen LogP contribution in [0.25, 0.3) is 33.6 Å². The van der Waals surface area contributed by atoms with Gasteiger partial charge in [-0.15, -0.1) is 0 Å². The number of methoxy groups -OCH3 is 2. The molecule has 2 atom stereocenters. The van der Waals surface area contributed by atoms with E-state index in [9.17, 15) is 14.7 Å². The number of hydrogen-bond donors (Lipinski definition) is 4. The Morgan fingerprint density at radius 2 is 1.50 bits per heavy atom. The number of aryl methyl sites for hydroxylation is 1. The van der Waals surface area contributed by atoms with Gasteiger partial charge in [0.1, 0.15) is 6.61 Å². The second-order valence-corrected chi connectivity index (χ2v) is 12.0. The summed E-state index contributed by atoms with van der Waals surface area (Å²) in [6.07, 6.45) is -0.102. The van der Waals surface area contributed by atoms with Gasteiger partial charge in [-0.1, -0.05) is 71.7 Å². The van der Waals surface area contributed by atoms with E-state index >= 15 is 0 Å². The Morgan fingerprint density at radius 3 is 2.04 bits per heavy atom. The SMILES string of the molecule is COc1nc(-c2cccc(-c3cccc(-c4ccc(CNCC5COC(=O)N5)c(OC)n4)c3Cl)c2Cl)ccc1CCC[C@@H](O)CC(=O)O. The summed E-state index contributed by atoms with van der Waals surface area (Å²) in [5.41, 5.74) is 5.76. The first kappa shape index (κ1) is 34.9. The highest BCUT2D eigenvalue weighted by molar-refractivity contribution is 6.39. The molecule has 2 aromatic heterocycles. The first-order chi connectivity index (χ1) is 23.2. The molecule has 0 radical (unpaired) electrons. The van der Waals surface area contributed by atoms with Crippen molar-refractivity contribution in [2.45, 2.75) is 44.4 Å². The minimum absolute atomic E-state index is 0.0938. The highest BCUT2D eigenvalue weighted by atomic mass is 35.5. The molecule has 5 rings (SSSR count). The smallest absolute Gasteiger partial charge is 0.407 e. The van der Waals surface area contributed by atoms with Gasteiger partial charge in [0.05, 0.1) is 54.2 Å². The molecular formula is C35H36Cl2N4O7. The Kier molecular flexibility index (Phi) is 11.7. The summed E-state index contributed by atoms with van der Waals surface area (Å²) in [4.78, 5) is 31.6. The number of nitrogens with one attached hydrogen (secondary N) is 2. The molecule has 3 heterocycles. The Hall–Kier alpha value is -4.42. The highest BCUT2D eigenvalue weighted by Gasteiger charge is 2.22. The lowest BCUT2D eigenvalue weighted by Gasteiger charge is -2.16. The average molecular weight is 696 g/mol. The van der Waals surface area contributed by atoms with E-state index in [4.69, 9.17) is 52.5 Å². The second kappa shape index (κ2) is 16.1. The largest absolute Gasteiger partial charge is 0.481 e. The van der Waals surface area contributed by atoms with E-state index < -0.39 is 18.2 Å². The number of pyridine rings is 2. The number of amides is 1. The van der Waals surface area contributed by atoms with Crippen molar-refractivity contribution in [2.24, 2.45) is 0 Å². The third-order valence-corrected chi connectivity index (χ3v) is 8.76. The summed E-state index contributed by atoms with van der Waals surface area (Å²) in [6, 6.07) is 18.8. The van der Waals surface area contributed by atoms with Crippen molar-refractivity contribution in [1.29, 1.82) is 0 Å². The zero-order valence-electron chi connectivity index (χ0n) is 26.5. The molecule has 1 aliphatic rings. The summed E-state index contributed by atoms with van der Waals surface area (Å²) in [7, 11) is 3.10. The minimum Gasteiger partial charge on any atom is -0.481 e. The van der Waals surface area contributed by atoms with Crippen LogP contribution in [0.5, 0.6) is 11.8 Å². The number of rotatable bonds is 15. The summed E-state index contributed by atoms with van der Waals surface area (Å²) < 4.78 is 16.1. The van der Waals surface area contributed by atoms with E-state index in [1.54, 1.807) is 7.11 Å². The summed E-state index contributed by atoms with van der Waals surface area (Å²) in [5, 5.41) is 25.7. The lowest BCUT2D eigenvalue weighted by Crippen LogP contribution is -2.36. The maximum absolute atomic E-state index is 11.3. The molecule has 48 heavy (non-hydrogen) atoms. The van der Waals surface area contributed by atoms with Crippen molar-refractivity contribution < 1.29 is 34.0 Å². The van der Waals surface area contributed by atoms with Gasteiger partial charge in [-0.05, 0) is 31.4 Å². The topological polar surface area (TPSA) is 152 Å². The zero-order valence-corrected chi connectivity index (χ0v) is 28.0. The Balaban J connectivity index is 1.35. The monoisotopic (exact) mass is 694 g/mol. The van der Waals surface area contributed by atoms with Crippen molar-refractivity contribution in [2.75, 3.05) is 27.4 Å². The quantitative estimate of drug-likeness (QED) is 0.114. The van der Waals surface area contributed by atoms with Crippen molar-refractivity contribution in [3.63, 3.8) is 0 Å². The minimum atomic E-state index is -1.03. The molecule has 252 valence electrons. The first-order valence-electron chi connectivity index (χ1n) is 15.4. The number of hydrogen-bond acceptors (Lipinski definition) is 9. The molecule has 13 heteroatoms. The first-order valence-corrected chi connectivity index (χ1v) is 16.1. The number of cyclic esters (lactones) is 1. The third-order valence-electron chi connectivity index (χ3n) is 7.94. The lowest BCUT2D eigenvalue weighted by atomic mass is 9.97. The van der Waals surface area contributed by atoms with Gasteiger partial charge in [0.15, 0.2) is 0 Å². The molecule has 1 aliphatic heterocycles. The fourth-order valence-corrected chi connectivity index (χ4v) is 6.19. The average Bonchev–Trinajstić information content (AvgIpc) is 3.49. The molecule has 0 saturated carbocycles. The molecule has 4 aromatic rings. The van der Waals surface area contributed by atoms with Gasteiger partial charge >= 0.3 is 12.1 Å². The van der Waals surface area contributed by atoms with Gasteiger partial charge in [-0.3, -0.25) is 4.79 Å². The predicted octanol–water partition coefficient (Wildman–Crippen LogP) is 6.16. The summed E-state index contributed by atoms with van der Waals surface area (Å²) >= 11 is 14.1. The molecule has 1 amide bonds. The van der Waals surface area contributed by atoms with Gasteiger partial charge in [-0.25, -0.2) is 14.8 Å². The Bertz CT molecular complexity index is 1790. The normalized spacial score (nSPS) is 14.7. The van der Waals surface area contributed by atoms with Crippen LogP contribution < -0.4 is 20.1 Å². The number of carboxylic acids is 1. The molecule has 1 unspecified atom stereocenters. The van der Waals surface area contributed by atoms with Crippen LogP contribution >= 0.6 is 23.2 Å². The van der Waals surface area contributed by atoms with E-state index in [1.807, 2.05) is 60.7 Å². The molecule has 0 bridgehead atoms. The number of ether oxygens (including phenoxy) is 3. The van der Waals surface area contributed by atoms with Crippen molar-refractivity contribution in [1.82, 2.24) is 20.6 Å². The maximum Gasteiger partial charge on any atom is 0.407 e. The standard InChI is InChI=1S/C35H36Cl2N4O7/c1-46-33-20(6-3-7-23(42)16-30(43)44)12-14-28(40-33)26-10-4-8-24(31(26)36)25-9-5-11-27(32(25)37)29-15-13-21(34(41-29)47-2)17-38-18-22-19-48-35(45)39-22/h4-5,8-15,22-23,38,42H,3,6-7,16-19H2,1-2H3,(H,39,45)(H,43,44)/t22?,23-/m1/s1. The number of halogens is 2. The van der Waals surface area contributed by atoms with Crippen LogP contribution in [0.15, 0.2) is 60.7 Å². The van der Waals surface area contributed by atoms with Crippen LogP contribution in [0.2, 0.25) is 10.0 Å². The van der Waals surface area contributed by atoms with E-state index in [0.29, 0.717) is 88.8 Å². The van der Waals surface area contributed by atoms with E-state index in [2.05, 4.69) is 10.6 Å². The fourth-order valence-electron chi connectivity index (χ4n) is 5.54. The lowest BCUT2D eigenvalue weighted by molar-refractivity contribution is -0.139. The third kappa shape index (κ3) is 8.35. The number of aromatic nitrogens is 2. The maximum atomic E-state index is 11.3. The second-order valence-electron chi connectivity index (χ2n) is 11.3. The molecule has 0 aliphatic carbocycles. The number of aliphatic hydroxyl groups excluding tert-OH is 1. The number of aliphatic carboxylic acids is 1. The molecule has 11 nitrogen and oxygen atoms in total. The van der Waals surface area contributed by atoms with Crippen LogP contribution in [0.1, 0.15) is 30.4 Å².